The molecule has 0 aliphatic carbocycles. The normalized spacial score (nSPS) is 10.4. The second-order valence-electron chi connectivity index (χ2n) is 2.74. The van der Waals surface area contributed by atoms with Crippen LogP contribution in [0.5, 0.6) is 0 Å². The van der Waals surface area contributed by atoms with E-state index in [1.807, 2.05) is 0 Å². The number of hydrogen-bond acceptors (Lipinski definition) is 4. The molecule has 5 nitrogen and oxygen atoms in total. The fraction of sp³-hybridized carbons (Fsp3) is 0. The summed E-state index contributed by atoms with van der Waals surface area (Å²) in [6.45, 7) is 0. The molecule has 0 spiro atoms. The highest BCUT2D eigenvalue weighted by Crippen LogP contribution is 2.16. The summed E-state index contributed by atoms with van der Waals surface area (Å²) < 4.78 is 1.18. The van der Waals surface area contributed by atoms with Crippen molar-refractivity contribution in [2.45, 2.75) is 0 Å². The van der Waals surface area contributed by atoms with E-state index in [0.29, 0.717) is 0 Å². The van der Waals surface area contributed by atoms with Crippen molar-refractivity contribution in [3.63, 3.8) is 0 Å². The lowest BCUT2D eigenvalue weighted by atomic mass is 10.4. The van der Waals surface area contributed by atoms with Crippen LogP contribution < -0.4 is 0 Å². The number of rotatable bonds is 2. The predicted molar refractivity (Wildman–Crippen MR) is 59.4 cm³/mol. The molecule has 0 bridgehead atoms. The van der Waals surface area contributed by atoms with Crippen LogP contribution in [0.15, 0.2) is 18.5 Å². The van der Waals surface area contributed by atoms with Gasteiger partial charge in [0.15, 0.2) is 11.0 Å². The number of carbonyl (C=O) groups is 1. The minimum atomic E-state index is -0.693. The van der Waals surface area contributed by atoms with Crippen molar-refractivity contribution in [1.82, 2.24) is 19.7 Å². The van der Waals surface area contributed by atoms with Crippen LogP contribution in [0.1, 0.15) is 10.5 Å². The van der Waals surface area contributed by atoms with Crippen molar-refractivity contribution in [3.05, 3.63) is 34.5 Å². The van der Waals surface area contributed by atoms with Gasteiger partial charge in [0.25, 0.3) is 5.24 Å². The van der Waals surface area contributed by atoms with Crippen LogP contribution in [0.2, 0.25) is 10.3 Å². The first kappa shape index (κ1) is 11.3. The molecular formula is C8H3Cl3N4O. The van der Waals surface area contributed by atoms with Crippen molar-refractivity contribution in [3.8, 4) is 5.82 Å². The second-order valence-corrected chi connectivity index (χ2v) is 3.86. The largest absolute Gasteiger partial charge is 0.274 e. The van der Waals surface area contributed by atoms with Gasteiger partial charge in [0.1, 0.15) is 10.8 Å². The molecule has 0 aliphatic rings. The maximum Gasteiger partial charge on any atom is 0.271 e. The Bertz CT molecular complexity index is 554. The van der Waals surface area contributed by atoms with E-state index in [2.05, 4.69) is 15.1 Å². The molecule has 0 atom stereocenters. The average Bonchev–Trinajstić information content (AvgIpc) is 2.60. The van der Waals surface area contributed by atoms with E-state index in [1.165, 1.54) is 23.1 Å². The summed E-state index contributed by atoms with van der Waals surface area (Å²) in [6, 6.07) is 1.33. The van der Waals surface area contributed by atoms with Crippen LogP contribution in [-0.4, -0.2) is 25.0 Å². The van der Waals surface area contributed by atoms with Gasteiger partial charge in [-0.3, -0.25) is 9.78 Å². The van der Waals surface area contributed by atoms with Crippen molar-refractivity contribution in [2.24, 2.45) is 0 Å². The summed E-state index contributed by atoms with van der Waals surface area (Å²) in [4.78, 5) is 18.9. The van der Waals surface area contributed by atoms with E-state index in [1.54, 1.807) is 0 Å². The lowest BCUT2D eigenvalue weighted by molar-refractivity contribution is 0.107. The molecule has 0 saturated heterocycles. The molecule has 2 aromatic rings. The molecule has 0 fully saturated rings. The highest BCUT2D eigenvalue weighted by Gasteiger charge is 2.15. The number of halogens is 3. The van der Waals surface area contributed by atoms with Gasteiger partial charge in [-0.15, -0.1) is 0 Å². The van der Waals surface area contributed by atoms with E-state index in [-0.39, 0.29) is 21.8 Å². The molecule has 0 amide bonds. The first-order valence-corrected chi connectivity index (χ1v) is 5.14. The van der Waals surface area contributed by atoms with Gasteiger partial charge >= 0.3 is 0 Å². The minimum absolute atomic E-state index is 0.100. The molecule has 8 heteroatoms. The molecule has 0 N–H and O–H groups in total. The molecular weight excluding hydrogens is 274 g/mol. The van der Waals surface area contributed by atoms with E-state index in [4.69, 9.17) is 34.8 Å². The van der Waals surface area contributed by atoms with Crippen LogP contribution in [0.4, 0.5) is 0 Å². The van der Waals surface area contributed by atoms with Crippen LogP contribution in [0, 0.1) is 0 Å². The number of hydrogen-bond donors (Lipinski definition) is 0. The van der Waals surface area contributed by atoms with Gasteiger partial charge in [-0.1, -0.05) is 23.2 Å². The van der Waals surface area contributed by atoms with E-state index in [0.717, 1.165) is 0 Å². The van der Waals surface area contributed by atoms with Crippen LogP contribution in [0.25, 0.3) is 5.82 Å². The van der Waals surface area contributed by atoms with E-state index < -0.39 is 5.24 Å². The number of nitrogens with zero attached hydrogens (tertiary/aromatic N) is 4. The van der Waals surface area contributed by atoms with Gasteiger partial charge in [0, 0.05) is 6.07 Å². The Kier molecular flexibility index (Phi) is 3.09. The quantitative estimate of drug-likeness (QED) is 0.791. The Morgan fingerprint density at radius 3 is 2.62 bits per heavy atom. The summed E-state index contributed by atoms with van der Waals surface area (Å²) in [7, 11) is 0. The topological polar surface area (TPSA) is 60.7 Å². The molecule has 0 aliphatic heterocycles. The van der Waals surface area contributed by atoms with Crippen LogP contribution >= 0.6 is 34.8 Å². The smallest absolute Gasteiger partial charge is 0.271 e. The molecule has 16 heavy (non-hydrogen) atoms. The Morgan fingerprint density at radius 1 is 1.25 bits per heavy atom. The van der Waals surface area contributed by atoms with Gasteiger partial charge in [-0.25, -0.2) is 9.67 Å². The highest BCUT2D eigenvalue weighted by molar-refractivity contribution is 6.67. The Balaban J connectivity index is 2.59. The molecule has 0 aromatic carbocycles. The van der Waals surface area contributed by atoms with Gasteiger partial charge in [-0.05, 0) is 11.6 Å². The summed E-state index contributed by atoms with van der Waals surface area (Å²) in [5.74, 6) is 0.267. The second kappa shape index (κ2) is 4.37. The van der Waals surface area contributed by atoms with Gasteiger partial charge in [0.2, 0.25) is 0 Å². The fourth-order valence-electron chi connectivity index (χ4n) is 1.10. The van der Waals surface area contributed by atoms with Crippen LogP contribution in [0.3, 0.4) is 0 Å². The molecule has 2 rings (SSSR count). The standard InChI is InChI=1S/C8H3Cl3N4O/c9-5-1-4(8(11)16)15(14-5)7-3-12-2-6(10)13-7/h1-3H. The summed E-state index contributed by atoms with van der Waals surface area (Å²) in [6.07, 6.45) is 2.75. The maximum absolute atomic E-state index is 11.1. The Labute approximate surface area is 105 Å². The van der Waals surface area contributed by atoms with Gasteiger partial charge in [-0.2, -0.15) is 5.10 Å². The molecule has 0 saturated carbocycles. The average molecular weight is 277 g/mol. The maximum atomic E-state index is 11.1. The Hall–Kier alpha value is -1.17. The highest BCUT2D eigenvalue weighted by atomic mass is 35.5. The number of aromatic nitrogens is 4. The first-order chi connectivity index (χ1) is 7.58. The summed E-state index contributed by atoms with van der Waals surface area (Å²) in [5.41, 5.74) is 0.100. The molecule has 2 aromatic heterocycles. The first-order valence-electron chi connectivity index (χ1n) is 4.01. The lowest BCUT2D eigenvalue weighted by Gasteiger charge is -2.02. The SMILES string of the molecule is O=C(Cl)c1cc(Cl)nn1-c1cncc(Cl)n1. The summed E-state index contributed by atoms with van der Waals surface area (Å²) >= 11 is 16.7. The third kappa shape index (κ3) is 2.16. The molecule has 0 radical (unpaired) electrons. The van der Waals surface area contributed by atoms with Crippen LogP contribution in [-0.2, 0) is 0 Å². The lowest BCUT2D eigenvalue weighted by Crippen LogP contribution is -2.07. The van der Waals surface area contributed by atoms with Gasteiger partial charge in [0.05, 0.1) is 12.4 Å². The van der Waals surface area contributed by atoms with Crippen molar-refractivity contribution in [2.75, 3.05) is 0 Å². The van der Waals surface area contributed by atoms with Crippen molar-refractivity contribution in [1.29, 1.82) is 0 Å². The molecule has 2 heterocycles. The zero-order chi connectivity index (χ0) is 11.7. The number of carbonyl (C=O) groups excluding carboxylic acids is 1. The third-order valence-corrected chi connectivity index (χ3v) is 2.25. The van der Waals surface area contributed by atoms with Gasteiger partial charge < -0.3 is 0 Å². The third-order valence-electron chi connectivity index (χ3n) is 1.69. The summed E-state index contributed by atoms with van der Waals surface area (Å²) in [5, 5.41) is 3.47. The monoisotopic (exact) mass is 276 g/mol. The van der Waals surface area contributed by atoms with Crippen molar-refractivity contribution < 1.29 is 4.79 Å². The zero-order valence-electron chi connectivity index (χ0n) is 7.56. The zero-order valence-corrected chi connectivity index (χ0v) is 9.83. The molecule has 82 valence electrons. The van der Waals surface area contributed by atoms with E-state index in [9.17, 15) is 4.79 Å². The van der Waals surface area contributed by atoms with Crippen molar-refractivity contribution >= 4 is 40.0 Å². The Morgan fingerprint density at radius 2 is 2.00 bits per heavy atom. The van der Waals surface area contributed by atoms with E-state index >= 15 is 0 Å². The predicted octanol–water partition coefficient (Wildman–Crippen LogP) is 2.35. The fourth-order valence-corrected chi connectivity index (χ4v) is 1.56. The molecule has 0 unspecified atom stereocenters. The minimum Gasteiger partial charge on any atom is -0.274 e.